The Balaban J connectivity index is 2.02. The van der Waals surface area contributed by atoms with E-state index in [4.69, 9.17) is 9.84 Å². The smallest absolute Gasteiger partial charge is 0.342 e. The first-order valence-electron chi connectivity index (χ1n) is 6.06. The third-order valence-electron chi connectivity index (χ3n) is 2.83. The predicted octanol–water partition coefficient (Wildman–Crippen LogP) is 3.26. The van der Waals surface area contributed by atoms with E-state index in [2.05, 4.69) is 9.97 Å². The van der Waals surface area contributed by atoms with Gasteiger partial charge in [-0.1, -0.05) is 18.2 Å². The van der Waals surface area contributed by atoms with Gasteiger partial charge < -0.3 is 9.84 Å². The van der Waals surface area contributed by atoms with Crippen LogP contribution < -0.4 is 4.74 Å². The zero-order chi connectivity index (χ0) is 14.8. The highest BCUT2D eigenvalue weighted by molar-refractivity contribution is 5.91. The van der Waals surface area contributed by atoms with Gasteiger partial charge in [-0.05, 0) is 24.3 Å². The summed E-state index contributed by atoms with van der Waals surface area (Å²) in [6.45, 7) is 0. The molecule has 0 atom stereocenters. The van der Waals surface area contributed by atoms with Crippen molar-refractivity contribution in [3.8, 4) is 11.6 Å². The van der Waals surface area contributed by atoms with Crippen LogP contribution in [0.5, 0.6) is 11.6 Å². The number of hydrogen-bond donors (Lipinski definition) is 1. The van der Waals surface area contributed by atoms with Gasteiger partial charge in [-0.2, -0.15) is 0 Å². The molecule has 0 fully saturated rings. The average Bonchev–Trinajstić information content (AvgIpc) is 2.47. The van der Waals surface area contributed by atoms with Crippen LogP contribution >= 0.6 is 0 Å². The van der Waals surface area contributed by atoms with E-state index in [9.17, 15) is 9.18 Å². The Bertz CT molecular complexity index is 836. The van der Waals surface area contributed by atoms with Gasteiger partial charge in [0.25, 0.3) is 0 Å². The number of rotatable bonds is 3. The lowest BCUT2D eigenvalue weighted by molar-refractivity contribution is 0.0689. The lowest BCUT2D eigenvalue weighted by Gasteiger charge is -2.08. The number of carbonyl (C=O) groups is 1. The maximum absolute atomic E-state index is 13.6. The fourth-order valence-corrected chi connectivity index (χ4v) is 1.90. The zero-order valence-electron chi connectivity index (χ0n) is 10.7. The molecule has 6 heteroatoms. The molecule has 1 heterocycles. The van der Waals surface area contributed by atoms with E-state index >= 15 is 0 Å². The molecule has 104 valence electrons. The van der Waals surface area contributed by atoms with Crippen LogP contribution in [0.4, 0.5) is 4.39 Å². The Morgan fingerprint density at radius 1 is 1.10 bits per heavy atom. The second-order valence-electron chi connectivity index (χ2n) is 4.22. The van der Waals surface area contributed by atoms with E-state index in [1.54, 1.807) is 18.2 Å². The van der Waals surface area contributed by atoms with Gasteiger partial charge in [-0.3, -0.25) is 0 Å². The third kappa shape index (κ3) is 2.51. The molecular formula is C15H9FN2O3. The van der Waals surface area contributed by atoms with Gasteiger partial charge >= 0.3 is 5.97 Å². The summed E-state index contributed by atoms with van der Waals surface area (Å²) in [6, 6.07) is 10.9. The monoisotopic (exact) mass is 284 g/mol. The van der Waals surface area contributed by atoms with Crippen LogP contribution in [0.2, 0.25) is 0 Å². The predicted molar refractivity (Wildman–Crippen MR) is 73.0 cm³/mol. The van der Waals surface area contributed by atoms with E-state index in [1.165, 1.54) is 18.3 Å². The fourth-order valence-electron chi connectivity index (χ4n) is 1.90. The third-order valence-corrected chi connectivity index (χ3v) is 2.83. The van der Waals surface area contributed by atoms with Gasteiger partial charge in [-0.15, -0.1) is 0 Å². The normalized spacial score (nSPS) is 10.5. The number of nitrogens with zero attached hydrogens (tertiary/aromatic N) is 2. The molecular weight excluding hydrogens is 275 g/mol. The minimum absolute atomic E-state index is 0.0989. The number of benzene rings is 2. The van der Waals surface area contributed by atoms with Crippen molar-refractivity contribution in [3.63, 3.8) is 0 Å². The number of aromatic carboxylic acids is 1. The summed E-state index contributed by atoms with van der Waals surface area (Å²) >= 11 is 0. The molecule has 2 aromatic carbocycles. The van der Waals surface area contributed by atoms with Crippen molar-refractivity contribution in [2.75, 3.05) is 0 Å². The summed E-state index contributed by atoms with van der Waals surface area (Å²) in [7, 11) is 0. The first kappa shape index (κ1) is 13.0. The van der Waals surface area contributed by atoms with Crippen LogP contribution in [0.15, 0.2) is 48.7 Å². The molecule has 1 N–H and O–H groups in total. The maximum atomic E-state index is 13.6. The van der Waals surface area contributed by atoms with Gasteiger partial charge in [0, 0.05) is 0 Å². The SMILES string of the molecule is O=C(O)c1c(F)cccc1Oc1cnc2ccccc2n1. The van der Waals surface area contributed by atoms with Crippen molar-refractivity contribution in [2.24, 2.45) is 0 Å². The van der Waals surface area contributed by atoms with Crippen LogP contribution in [-0.2, 0) is 0 Å². The van der Waals surface area contributed by atoms with Crippen molar-refractivity contribution < 1.29 is 19.0 Å². The fraction of sp³-hybridized carbons (Fsp3) is 0. The molecule has 0 saturated heterocycles. The summed E-state index contributed by atoms with van der Waals surface area (Å²) in [6.07, 6.45) is 1.36. The molecule has 0 aliphatic rings. The van der Waals surface area contributed by atoms with Crippen LogP contribution in [0.25, 0.3) is 11.0 Å². The molecule has 0 spiro atoms. The first-order valence-corrected chi connectivity index (χ1v) is 6.06. The number of carboxylic acids is 1. The quantitative estimate of drug-likeness (QED) is 0.799. The standard InChI is InChI=1S/C15H9FN2O3/c16-9-4-3-7-12(14(9)15(19)20)21-13-8-17-10-5-1-2-6-11(10)18-13/h1-8H,(H,19,20). The first-order chi connectivity index (χ1) is 10.1. The number of halogens is 1. The van der Waals surface area contributed by atoms with Gasteiger partial charge in [-0.25, -0.2) is 19.2 Å². The molecule has 3 rings (SSSR count). The molecule has 0 radical (unpaired) electrons. The van der Waals surface area contributed by atoms with Gasteiger partial charge in [0.15, 0.2) is 0 Å². The Labute approximate surface area is 118 Å². The van der Waals surface area contributed by atoms with Crippen LogP contribution in [-0.4, -0.2) is 21.0 Å². The Hall–Kier alpha value is -3.02. The number of carboxylic acid groups (broad SMARTS) is 1. The Kier molecular flexibility index (Phi) is 3.19. The van der Waals surface area contributed by atoms with Crippen molar-refractivity contribution in [1.82, 2.24) is 9.97 Å². The largest absolute Gasteiger partial charge is 0.477 e. The number of para-hydroxylation sites is 2. The second kappa shape index (κ2) is 5.16. The highest BCUT2D eigenvalue weighted by atomic mass is 19.1. The molecule has 21 heavy (non-hydrogen) atoms. The lowest BCUT2D eigenvalue weighted by atomic mass is 10.2. The summed E-state index contributed by atoms with van der Waals surface area (Å²) in [5, 5.41) is 9.04. The molecule has 0 aliphatic carbocycles. The number of aromatic nitrogens is 2. The van der Waals surface area contributed by atoms with Crippen molar-refractivity contribution >= 4 is 17.0 Å². The van der Waals surface area contributed by atoms with Crippen LogP contribution in [0.1, 0.15) is 10.4 Å². The van der Waals surface area contributed by atoms with E-state index < -0.39 is 17.3 Å². The Morgan fingerprint density at radius 2 is 1.86 bits per heavy atom. The highest BCUT2D eigenvalue weighted by Gasteiger charge is 2.18. The molecule has 0 aliphatic heterocycles. The van der Waals surface area contributed by atoms with E-state index in [0.717, 1.165) is 6.07 Å². The molecule has 5 nitrogen and oxygen atoms in total. The summed E-state index contributed by atoms with van der Waals surface area (Å²) in [4.78, 5) is 19.4. The van der Waals surface area contributed by atoms with Crippen molar-refractivity contribution in [1.29, 1.82) is 0 Å². The Morgan fingerprint density at radius 3 is 2.62 bits per heavy atom. The molecule has 3 aromatic rings. The second-order valence-corrected chi connectivity index (χ2v) is 4.22. The van der Waals surface area contributed by atoms with Gasteiger partial charge in [0.05, 0.1) is 17.2 Å². The van der Waals surface area contributed by atoms with E-state index in [0.29, 0.717) is 11.0 Å². The lowest BCUT2D eigenvalue weighted by Crippen LogP contribution is -2.04. The number of hydrogen-bond acceptors (Lipinski definition) is 4. The molecule has 1 aromatic heterocycles. The summed E-state index contributed by atoms with van der Waals surface area (Å²) < 4.78 is 18.9. The van der Waals surface area contributed by atoms with Crippen molar-refractivity contribution in [3.05, 3.63) is 60.0 Å². The minimum Gasteiger partial charge on any atom is -0.477 e. The topological polar surface area (TPSA) is 72.3 Å². The molecule has 0 unspecified atom stereocenters. The number of ether oxygens (including phenoxy) is 1. The molecule has 0 bridgehead atoms. The highest BCUT2D eigenvalue weighted by Crippen LogP contribution is 2.26. The molecule has 0 amide bonds. The van der Waals surface area contributed by atoms with Crippen LogP contribution in [0, 0.1) is 5.82 Å². The van der Waals surface area contributed by atoms with Crippen LogP contribution in [0.3, 0.4) is 0 Å². The molecule has 0 saturated carbocycles. The van der Waals surface area contributed by atoms with Gasteiger partial charge in [0.1, 0.15) is 17.1 Å². The maximum Gasteiger partial charge on any atom is 0.342 e. The minimum atomic E-state index is -1.41. The summed E-state index contributed by atoms with van der Waals surface area (Å²) in [5.41, 5.74) is 0.748. The summed E-state index contributed by atoms with van der Waals surface area (Å²) in [5.74, 6) is -2.29. The number of fused-ring (bicyclic) bond motifs is 1. The van der Waals surface area contributed by atoms with Crippen molar-refractivity contribution in [2.45, 2.75) is 0 Å². The van der Waals surface area contributed by atoms with E-state index in [1.807, 2.05) is 6.07 Å². The average molecular weight is 284 g/mol. The van der Waals surface area contributed by atoms with Gasteiger partial charge in [0.2, 0.25) is 5.88 Å². The van der Waals surface area contributed by atoms with E-state index in [-0.39, 0.29) is 11.6 Å². The zero-order valence-corrected chi connectivity index (χ0v) is 10.7.